The van der Waals surface area contributed by atoms with Gasteiger partial charge in [0.05, 0.1) is 0 Å². The van der Waals surface area contributed by atoms with Crippen LogP contribution in [0, 0.1) is 5.41 Å². The first-order valence-electron chi connectivity index (χ1n) is 3.93. The molecule has 13 heavy (non-hydrogen) atoms. The fourth-order valence-corrected chi connectivity index (χ4v) is 0.568. The van der Waals surface area contributed by atoms with Crippen LogP contribution in [0.1, 0.15) is 20.8 Å². The van der Waals surface area contributed by atoms with E-state index in [1.54, 1.807) is 0 Å². The third kappa shape index (κ3) is 5.12. The third-order valence-corrected chi connectivity index (χ3v) is 1.16. The largest absolute Gasteiger partial charge is 0.240 e. The lowest BCUT2D eigenvalue weighted by Gasteiger charge is -2.15. The zero-order valence-corrected chi connectivity index (χ0v) is 8.41. The highest BCUT2D eigenvalue weighted by molar-refractivity contribution is 6.20. The molecule has 0 spiro atoms. The molecule has 0 fully saturated rings. The van der Waals surface area contributed by atoms with Gasteiger partial charge in [-0.3, -0.25) is 0 Å². The number of hydrogen-bond donors (Lipinski definition) is 0. The Bertz CT molecular complexity index is 259. The van der Waals surface area contributed by atoms with Gasteiger partial charge in [0.2, 0.25) is 0 Å². The van der Waals surface area contributed by atoms with Gasteiger partial charge >= 0.3 is 0 Å². The van der Waals surface area contributed by atoms with Gasteiger partial charge in [0.15, 0.2) is 5.84 Å². The smallest absolute Gasteiger partial charge is 0.156 e. The predicted molar refractivity (Wildman–Crippen MR) is 56.8 cm³/mol. The lowest BCUT2D eigenvalue weighted by atomic mass is 9.95. The first kappa shape index (κ1) is 11.8. The van der Waals surface area contributed by atoms with Gasteiger partial charge in [-0.1, -0.05) is 33.9 Å². The number of amidine groups is 1. The van der Waals surface area contributed by atoms with Gasteiger partial charge in [0.25, 0.3) is 0 Å². The van der Waals surface area contributed by atoms with Gasteiger partial charge in [0.1, 0.15) is 7.85 Å². The fraction of sp³-hybridized carbons (Fsp3) is 0.444. The minimum Gasteiger partial charge on any atom is -0.240 e. The monoisotopic (exact) mass is 175 g/mol. The Kier molecular flexibility index (Phi) is 4.31. The summed E-state index contributed by atoms with van der Waals surface area (Å²) in [6, 6.07) is 0. The van der Waals surface area contributed by atoms with E-state index in [0.717, 1.165) is 0 Å². The molecular formula is C9H14BN3. The fourth-order valence-electron chi connectivity index (χ4n) is 0.568. The molecule has 0 atom stereocenters. The van der Waals surface area contributed by atoms with E-state index in [1.807, 2.05) is 20.8 Å². The highest BCUT2D eigenvalue weighted by atomic mass is 15.1. The molecule has 0 amide bonds. The van der Waals surface area contributed by atoms with Gasteiger partial charge in [-0.2, -0.15) is 5.11 Å². The standard InChI is InChI=1S/C9H14BN3/c1-6-11-8(9(3,4)5)13-12-7(2)10/h6H,1-2H2,3-5H3. The second-order valence-corrected chi connectivity index (χ2v) is 3.58. The average Bonchev–Trinajstić information content (AvgIpc) is 1.95. The molecule has 2 radical (unpaired) electrons. The van der Waals surface area contributed by atoms with Crippen LogP contribution < -0.4 is 0 Å². The van der Waals surface area contributed by atoms with Gasteiger partial charge in [0, 0.05) is 17.2 Å². The van der Waals surface area contributed by atoms with Crippen LogP contribution in [-0.2, 0) is 0 Å². The van der Waals surface area contributed by atoms with Gasteiger partial charge < -0.3 is 0 Å². The van der Waals surface area contributed by atoms with Gasteiger partial charge in [-0.05, 0) is 0 Å². The van der Waals surface area contributed by atoms with Crippen LogP contribution in [0.4, 0.5) is 0 Å². The summed E-state index contributed by atoms with van der Waals surface area (Å²) in [5.41, 5.74) is -0.00587. The molecule has 3 nitrogen and oxygen atoms in total. The summed E-state index contributed by atoms with van der Waals surface area (Å²) < 4.78 is 0. The summed E-state index contributed by atoms with van der Waals surface area (Å²) in [5, 5.41) is 7.50. The van der Waals surface area contributed by atoms with Gasteiger partial charge in [-0.15, -0.1) is 5.11 Å². The van der Waals surface area contributed by atoms with Crippen molar-refractivity contribution in [1.29, 1.82) is 0 Å². The van der Waals surface area contributed by atoms with Crippen molar-refractivity contribution in [3.8, 4) is 0 Å². The summed E-state index contributed by atoms with van der Waals surface area (Å²) >= 11 is 0. The Labute approximate surface area is 80.8 Å². The zero-order chi connectivity index (χ0) is 10.5. The van der Waals surface area contributed by atoms with E-state index in [4.69, 9.17) is 7.85 Å². The van der Waals surface area contributed by atoms with E-state index in [9.17, 15) is 0 Å². The number of rotatable bonds is 2. The SMILES string of the molecule is [B]C(=C)N=NC(=NC=C)C(C)(C)C. The van der Waals surface area contributed by atoms with Crippen molar-refractivity contribution in [1.82, 2.24) is 0 Å². The lowest BCUT2D eigenvalue weighted by Crippen LogP contribution is -2.17. The third-order valence-electron chi connectivity index (χ3n) is 1.16. The van der Waals surface area contributed by atoms with Crippen LogP contribution >= 0.6 is 0 Å². The highest BCUT2D eigenvalue weighted by Gasteiger charge is 2.18. The Hall–Kier alpha value is -1.19. The van der Waals surface area contributed by atoms with Crippen molar-refractivity contribution in [3.63, 3.8) is 0 Å². The van der Waals surface area contributed by atoms with E-state index in [2.05, 4.69) is 28.4 Å². The molecule has 0 saturated heterocycles. The normalized spacial score (nSPS) is 13.3. The summed E-state index contributed by atoms with van der Waals surface area (Å²) in [6.45, 7) is 12.8. The van der Waals surface area contributed by atoms with Crippen molar-refractivity contribution >= 4 is 13.7 Å². The molecule has 4 heteroatoms. The molecule has 0 aromatic heterocycles. The Morgan fingerprint density at radius 3 is 2.15 bits per heavy atom. The molecule has 0 aliphatic heterocycles. The first-order valence-corrected chi connectivity index (χ1v) is 3.93. The number of nitrogens with zero attached hydrogens (tertiary/aromatic N) is 3. The van der Waals surface area contributed by atoms with Crippen molar-refractivity contribution in [2.45, 2.75) is 20.8 Å². The van der Waals surface area contributed by atoms with Crippen molar-refractivity contribution in [3.05, 3.63) is 25.0 Å². The quantitative estimate of drug-likeness (QED) is 0.268. The summed E-state index contributed by atoms with van der Waals surface area (Å²) in [6.07, 6.45) is 1.43. The average molecular weight is 175 g/mol. The van der Waals surface area contributed by atoms with E-state index in [-0.39, 0.29) is 11.0 Å². The predicted octanol–water partition coefficient (Wildman–Crippen LogP) is 2.67. The molecule has 0 heterocycles. The lowest BCUT2D eigenvalue weighted by molar-refractivity contribution is 0.582. The Balaban J connectivity index is 4.75. The second-order valence-electron chi connectivity index (χ2n) is 3.58. The molecule has 0 bridgehead atoms. The molecule has 0 aliphatic carbocycles. The van der Waals surface area contributed by atoms with Crippen LogP contribution in [0.25, 0.3) is 0 Å². The molecule has 0 N–H and O–H groups in total. The Morgan fingerprint density at radius 1 is 1.31 bits per heavy atom. The van der Waals surface area contributed by atoms with Crippen LogP contribution in [0.15, 0.2) is 40.2 Å². The van der Waals surface area contributed by atoms with Crippen LogP contribution in [0.5, 0.6) is 0 Å². The molecule has 68 valence electrons. The molecule has 0 unspecified atom stereocenters. The molecule has 0 aliphatic rings. The van der Waals surface area contributed by atoms with Crippen molar-refractivity contribution in [2.24, 2.45) is 20.6 Å². The van der Waals surface area contributed by atoms with E-state index >= 15 is 0 Å². The van der Waals surface area contributed by atoms with E-state index in [1.165, 1.54) is 6.20 Å². The molecular weight excluding hydrogens is 161 g/mol. The van der Waals surface area contributed by atoms with E-state index < -0.39 is 0 Å². The minimum atomic E-state index is -0.173. The van der Waals surface area contributed by atoms with Gasteiger partial charge in [-0.25, -0.2) is 4.99 Å². The van der Waals surface area contributed by atoms with Crippen molar-refractivity contribution < 1.29 is 0 Å². The topological polar surface area (TPSA) is 37.1 Å². The maximum absolute atomic E-state index is 5.24. The molecule has 0 rings (SSSR count). The van der Waals surface area contributed by atoms with Crippen LogP contribution in [0.3, 0.4) is 0 Å². The highest BCUT2D eigenvalue weighted by Crippen LogP contribution is 2.17. The van der Waals surface area contributed by atoms with Crippen LogP contribution in [-0.4, -0.2) is 13.7 Å². The second kappa shape index (κ2) is 4.75. The first-order chi connectivity index (χ1) is 5.88. The number of azo groups is 1. The summed E-state index contributed by atoms with van der Waals surface area (Å²) in [5.74, 6) is 0.578. The Morgan fingerprint density at radius 2 is 1.85 bits per heavy atom. The minimum absolute atomic E-state index is 0.168. The maximum atomic E-state index is 5.24. The molecule has 0 aromatic rings. The van der Waals surface area contributed by atoms with E-state index in [0.29, 0.717) is 5.84 Å². The number of hydrogen-bond acceptors (Lipinski definition) is 2. The maximum Gasteiger partial charge on any atom is 0.156 e. The summed E-state index contributed by atoms with van der Waals surface area (Å²) in [4.78, 5) is 3.99. The van der Waals surface area contributed by atoms with Crippen LogP contribution in [0.2, 0.25) is 0 Å². The molecule has 0 aromatic carbocycles. The van der Waals surface area contributed by atoms with Crippen molar-refractivity contribution in [2.75, 3.05) is 0 Å². The number of aliphatic imine (C=N–C) groups is 1. The zero-order valence-electron chi connectivity index (χ0n) is 8.41. The molecule has 0 saturated carbocycles. The summed E-state index contributed by atoms with van der Waals surface area (Å²) in [7, 11) is 5.24.